The number of hydrogen-bond acceptors (Lipinski definition) is 1. The summed E-state index contributed by atoms with van der Waals surface area (Å²) < 4.78 is 0. The summed E-state index contributed by atoms with van der Waals surface area (Å²) >= 11 is 0. The minimum atomic E-state index is 0.639. The standard InChI is InChI=1S/C6H5N/c1-2-6-4-5(6)7(6)3-1/h5H,2,4H2. The lowest BCUT2D eigenvalue weighted by atomic mass is 10.3. The summed E-state index contributed by atoms with van der Waals surface area (Å²) in [5.74, 6) is 3.08. The third-order valence-electron chi connectivity index (χ3n) is 2.32. The minimum Gasteiger partial charge on any atom is -0.318 e. The molecule has 0 aromatic carbocycles. The molecule has 1 heteroatoms. The zero-order valence-electron chi connectivity index (χ0n) is 3.94. The maximum atomic E-state index is 3.08. The van der Waals surface area contributed by atoms with Crippen molar-refractivity contribution >= 4 is 0 Å². The van der Waals surface area contributed by atoms with Crippen LogP contribution in [0.4, 0.5) is 0 Å². The molecule has 2 atom stereocenters. The fraction of sp³-hybridized carbons (Fsp3) is 0.667. The average Bonchev–Trinajstić information content (AvgIpc) is 2.41. The van der Waals surface area contributed by atoms with Gasteiger partial charge in [0.25, 0.3) is 0 Å². The topological polar surface area (TPSA) is 3.01 Å². The molecule has 1 saturated carbocycles. The molecule has 0 aromatic heterocycles. The lowest BCUT2D eigenvalue weighted by Gasteiger charge is -1.98. The van der Waals surface area contributed by atoms with E-state index in [2.05, 4.69) is 16.9 Å². The van der Waals surface area contributed by atoms with Crippen LogP contribution in [0.3, 0.4) is 0 Å². The summed E-state index contributed by atoms with van der Waals surface area (Å²) in [5, 5.41) is 0. The molecule has 34 valence electrons. The Morgan fingerprint density at radius 1 is 1.71 bits per heavy atom. The molecule has 0 amide bonds. The van der Waals surface area contributed by atoms with Gasteiger partial charge in [-0.3, -0.25) is 0 Å². The molecule has 1 spiro atoms. The smallest absolute Gasteiger partial charge is 0.0825 e. The summed E-state index contributed by atoms with van der Waals surface area (Å²) in [7, 11) is 0. The Morgan fingerprint density at radius 2 is 2.71 bits per heavy atom. The highest BCUT2D eigenvalue weighted by molar-refractivity contribution is 5.45. The van der Waals surface area contributed by atoms with Crippen molar-refractivity contribution in [1.82, 2.24) is 4.90 Å². The molecule has 2 fully saturated rings. The molecule has 1 saturated heterocycles. The van der Waals surface area contributed by atoms with Gasteiger partial charge in [0, 0.05) is 12.5 Å². The van der Waals surface area contributed by atoms with Crippen molar-refractivity contribution in [2.24, 2.45) is 0 Å². The second kappa shape index (κ2) is 0.432. The van der Waals surface area contributed by atoms with Gasteiger partial charge in [0.2, 0.25) is 0 Å². The summed E-state index contributed by atoms with van der Waals surface area (Å²) in [6, 6.07) is 3.99. The lowest BCUT2D eigenvalue weighted by molar-refractivity contribution is 0.497. The highest BCUT2D eigenvalue weighted by atomic mass is 15.5. The third-order valence-corrected chi connectivity index (χ3v) is 2.32. The van der Waals surface area contributed by atoms with Gasteiger partial charge in [-0.2, -0.15) is 0 Å². The summed E-state index contributed by atoms with van der Waals surface area (Å²) in [5.41, 5.74) is 0.639. The Kier molecular flexibility index (Phi) is 0.161. The Morgan fingerprint density at radius 3 is 3.00 bits per heavy atom. The molecule has 2 heterocycles. The maximum Gasteiger partial charge on any atom is 0.0825 e. The minimum absolute atomic E-state index is 0.639. The molecule has 2 aliphatic heterocycles. The van der Waals surface area contributed by atoms with Gasteiger partial charge in [-0.1, -0.05) is 5.92 Å². The van der Waals surface area contributed by atoms with E-state index < -0.39 is 0 Å². The van der Waals surface area contributed by atoms with E-state index in [0.717, 1.165) is 12.5 Å². The van der Waals surface area contributed by atoms with Crippen LogP contribution in [0, 0.1) is 12.0 Å². The van der Waals surface area contributed by atoms with Crippen molar-refractivity contribution in [2.45, 2.75) is 24.4 Å². The van der Waals surface area contributed by atoms with E-state index in [-0.39, 0.29) is 0 Å². The Bertz CT molecular complexity index is 198. The van der Waals surface area contributed by atoms with Crippen LogP contribution in [0.15, 0.2) is 0 Å². The molecular formula is C6H5N. The molecule has 0 radical (unpaired) electrons. The van der Waals surface area contributed by atoms with Crippen LogP contribution in [0.1, 0.15) is 12.8 Å². The molecule has 1 nitrogen and oxygen atoms in total. The fourth-order valence-electron chi connectivity index (χ4n) is 1.53. The highest BCUT2D eigenvalue weighted by Gasteiger charge is 2.78. The van der Waals surface area contributed by atoms with Crippen LogP contribution in [-0.4, -0.2) is 16.5 Å². The van der Waals surface area contributed by atoms with Crippen molar-refractivity contribution in [3.8, 4) is 12.0 Å². The summed E-state index contributed by atoms with van der Waals surface area (Å²) in [6.45, 7) is 0. The fourth-order valence-corrected chi connectivity index (χ4v) is 1.53. The molecule has 0 bridgehead atoms. The monoisotopic (exact) mass is 91.0 g/mol. The predicted octanol–water partition coefficient (Wildman–Crippen LogP) is 0.178. The lowest BCUT2D eigenvalue weighted by Crippen LogP contribution is -2.05. The van der Waals surface area contributed by atoms with Crippen molar-refractivity contribution in [2.75, 3.05) is 0 Å². The largest absolute Gasteiger partial charge is 0.318 e. The second-order valence-electron chi connectivity index (χ2n) is 2.66. The molecule has 3 rings (SSSR count). The van der Waals surface area contributed by atoms with E-state index in [9.17, 15) is 0 Å². The predicted molar refractivity (Wildman–Crippen MR) is 25.4 cm³/mol. The first-order valence-electron chi connectivity index (χ1n) is 2.71. The maximum absolute atomic E-state index is 3.08. The van der Waals surface area contributed by atoms with Crippen LogP contribution in [0.2, 0.25) is 0 Å². The molecule has 0 N–H and O–H groups in total. The van der Waals surface area contributed by atoms with E-state index in [1.54, 1.807) is 0 Å². The van der Waals surface area contributed by atoms with Crippen LogP contribution in [0.5, 0.6) is 0 Å². The Balaban J connectivity index is 2.21. The number of rotatable bonds is 0. The third kappa shape index (κ3) is 0.111. The first kappa shape index (κ1) is 2.61. The van der Waals surface area contributed by atoms with Gasteiger partial charge in [-0.15, -0.1) is 0 Å². The first-order valence-corrected chi connectivity index (χ1v) is 2.71. The SMILES string of the molecule is C1#CN2C3CC32C1. The van der Waals surface area contributed by atoms with Crippen molar-refractivity contribution in [1.29, 1.82) is 0 Å². The summed E-state index contributed by atoms with van der Waals surface area (Å²) in [6.07, 6.45) is 2.59. The highest BCUT2D eigenvalue weighted by Crippen LogP contribution is 2.66. The van der Waals surface area contributed by atoms with Gasteiger partial charge in [0.1, 0.15) is 0 Å². The van der Waals surface area contributed by atoms with Gasteiger partial charge in [0.15, 0.2) is 0 Å². The molecule has 2 unspecified atom stereocenters. The number of fused-ring (bicyclic) bond motifs is 1. The average molecular weight is 91.1 g/mol. The van der Waals surface area contributed by atoms with Gasteiger partial charge in [-0.05, 0) is 6.42 Å². The van der Waals surface area contributed by atoms with E-state index in [0.29, 0.717) is 5.54 Å². The quantitative estimate of drug-likeness (QED) is 0.303. The van der Waals surface area contributed by atoms with Crippen molar-refractivity contribution in [3.05, 3.63) is 0 Å². The van der Waals surface area contributed by atoms with Gasteiger partial charge in [-0.25, -0.2) is 0 Å². The zero-order valence-corrected chi connectivity index (χ0v) is 3.94. The van der Waals surface area contributed by atoms with Crippen LogP contribution >= 0.6 is 0 Å². The molecular weight excluding hydrogens is 86.1 g/mol. The van der Waals surface area contributed by atoms with Crippen LogP contribution in [0.25, 0.3) is 0 Å². The van der Waals surface area contributed by atoms with Crippen LogP contribution < -0.4 is 0 Å². The van der Waals surface area contributed by atoms with Crippen LogP contribution in [-0.2, 0) is 0 Å². The van der Waals surface area contributed by atoms with E-state index in [4.69, 9.17) is 0 Å². The van der Waals surface area contributed by atoms with Gasteiger partial charge < -0.3 is 4.90 Å². The Hall–Kier alpha value is -0.640. The molecule has 7 heavy (non-hydrogen) atoms. The molecule has 0 aromatic rings. The van der Waals surface area contributed by atoms with Crippen molar-refractivity contribution in [3.63, 3.8) is 0 Å². The van der Waals surface area contributed by atoms with Gasteiger partial charge in [0.05, 0.1) is 11.6 Å². The second-order valence-corrected chi connectivity index (χ2v) is 2.66. The normalized spacial score (nSPS) is 57.1. The van der Waals surface area contributed by atoms with Crippen molar-refractivity contribution < 1.29 is 0 Å². The van der Waals surface area contributed by atoms with E-state index in [1.165, 1.54) is 6.42 Å². The number of nitrogens with zero attached hydrogens (tertiary/aromatic N) is 1. The van der Waals surface area contributed by atoms with E-state index >= 15 is 0 Å². The summed E-state index contributed by atoms with van der Waals surface area (Å²) in [4.78, 5) is 2.28. The van der Waals surface area contributed by atoms with E-state index in [1.807, 2.05) is 0 Å². The molecule has 1 aliphatic carbocycles. The van der Waals surface area contributed by atoms with Gasteiger partial charge >= 0.3 is 0 Å². The Labute approximate surface area is 42.3 Å². The molecule has 3 aliphatic rings. The number of hydrogen-bond donors (Lipinski definition) is 0. The first-order chi connectivity index (χ1) is 3.43. The zero-order chi connectivity index (χ0) is 4.48.